The van der Waals surface area contributed by atoms with Gasteiger partial charge in [0, 0.05) is 12.2 Å². The molecule has 0 saturated carbocycles. The van der Waals surface area contributed by atoms with E-state index in [-0.39, 0.29) is 6.03 Å². The lowest BCUT2D eigenvalue weighted by Crippen LogP contribution is -2.49. The van der Waals surface area contributed by atoms with Gasteiger partial charge < -0.3 is 15.3 Å². The zero-order valence-electron chi connectivity index (χ0n) is 11.8. The number of aryl methyl sites for hydroxylation is 2. The summed E-state index contributed by atoms with van der Waals surface area (Å²) in [7, 11) is 0. The van der Waals surface area contributed by atoms with Crippen LogP contribution in [0.3, 0.4) is 0 Å². The van der Waals surface area contributed by atoms with Crippen LogP contribution in [0, 0.1) is 13.8 Å². The molecular weight excluding hydrogens is 256 g/mol. The third-order valence-electron chi connectivity index (χ3n) is 3.76. The minimum absolute atomic E-state index is 0.325. The largest absolute Gasteiger partial charge is 0.480 e. The van der Waals surface area contributed by atoms with Gasteiger partial charge in [0.2, 0.25) is 0 Å². The van der Waals surface area contributed by atoms with Gasteiger partial charge in [-0.3, -0.25) is 0 Å². The van der Waals surface area contributed by atoms with Gasteiger partial charge in [-0.05, 0) is 44.2 Å². The van der Waals surface area contributed by atoms with Gasteiger partial charge >= 0.3 is 12.0 Å². The number of carboxylic acid groups (broad SMARTS) is 1. The van der Waals surface area contributed by atoms with Gasteiger partial charge in [0.1, 0.15) is 6.04 Å². The fourth-order valence-corrected chi connectivity index (χ4v) is 2.62. The van der Waals surface area contributed by atoms with Gasteiger partial charge in [0.15, 0.2) is 0 Å². The van der Waals surface area contributed by atoms with Crippen molar-refractivity contribution in [2.75, 3.05) is 11.9 Å². The number of nitrogens with one attached hydrogen (secondary N) is 1. The molecule has 1 aromatic rings. The summed E-state index contributed by atoms with van der Waals surface area (Å²) in [6.45, 7) is 4.34. The Morgan fingerprint density at radius 1 is 1.25 bits per heavy atom. The Balaban J connectivity index is 2.16. The first-order valence-electron chi connectivity index (χ1n) is 6.87. The van der Waals surface area contributed by atoms with Crippen molar-refractivity contribution in [1.29, 1.82) is 0 Å². The Morgan fingerprint density at radius 3 is 2.50 bits per heavy atom. The van der Waals surface area contributed by atoms with Crippen LogP contribution in [0.5, 0.6) is 0 Å². The van der Waals surface area contributed by atoms with Crippen molar-refractivity contribution >= 4 is 17.7 Å². The molecule has 108 valence electrons. The summed E-state index contributed by atoms with van der Waals surface area (Å²) < 4.78 is 0. The van der Waals surface area contributed by atoms with E-state index in [1.807, 2.05) is 32.0 Å². The lowest BCUT2D eigenvalue weighted by Gasteiger charge is -2.33. The molecule has 1 saturated heterocycles. The maximum absolute atomic E-state index is 12.3. The number of carboxylic acids is 1. The van der Waals surface area contributed by atoms with Gasteiger partial charge in [0.05, 0.1) is 0 Å². The molecule has 1 aliphatic rings. The molecule has 0 spiro atoms. The predicted molar refractivity (Wildman–Crippen MR) is 76.9 cm³/mol. The molecule has 1 aliphatic heterocycles. The molecule has 5 heteroatoms. The highest BCUT2D eigenvalue weighted by molar-refractivity contribution is 5.93. The second kappa shape index (κ2) is 5.94. The summed E-state index contributed by atoms with van der Waals surface area (Å²) in [5, 5.41) is 12.1. The van der Waals surface area contributed by atoms with Gasteiger partial charge in [-0.2, -0.15) is 0 Å². The standard InChI is InChI=1S/C15H20N2O3/c1-10-6-5-7-11(2)13(10)16-15(20)17-9-4-3-8-12(17)14(18)19/h5-7,12H,3-4,8-9H2,1-2H3,(H,16,20)(H,18,19). The van der Waals surface area contributed by atoms with Crippen LogP contribution in [-0.2, 0) is 4.79 Å². The van der Waals surface area contributed by atoms with Crippen molar-refractivity contribution in [3.63, 3.8) is 0 Å². The SMILES string of the molecule is Cc1cccc(C)c1NC(=O)N1CCCCC1C(=O)O. The van der Waals surface area contributed by atoms with Crippen molar-refractivity contribution in [3.05, 3.63) is 29.3 Å². The molecule has 2 rings (SSSR count). The van der Waals surface area contributed by atoms with Crippen LogP contribution in [0.4, 0.5) is 10.5 Å². The molecule has 1 fully saturated rings. The van der Waals surface area contributed by atoms with Crippen molar-refractivity contribution in [2.45, 2.75) is 39.2 Å². The molecule has 1 unspecified atom stereocenters. The fraction of sp³-hybridized carbons (Fsp3) is 0.467. The number of hydrogen-bond acceptors (Lipinski definition) is 2. The molecule has 20 heavy (non-hydrogen) atoms. The third-order valence-corrected chi connectivity index (χ3v) is 3.76. The molecular formula is C15H20N2O3. The van der Waals surface area contributed by atoms with E-state index in [4.69, 9.17) is 0 Å². The predicted octanol–water partition coefficient (Wildman–Crippen LogP) is 2.77. The van der Waals surface area contributed by atoms with Crippen molar-refractivity contribution < 1.29 is 14.7 Å². The first-order chi connectivity index (χ1) is 9.50. The lowest BCUT2D eigenvalue weighted by molar-refractivity contribution is -0.143. The number of piperidine rings is 1. The highest BCUT2D eigenvalue weighted by Crippen LogP contribution is 2.22. The summed E-state index contributed by atoms with van der Waals surface area (Å²) in [6, 6.07) is 4.74. The number of hydrogen-bond donors (Lipinski definition) is 2. The van der Waals surface area contributed by atoms with E-state index in [9.17, 15) is 14.7 Å². The normalized spacial score (nSPS) is 18.7. The molecule has 0 radical (unpaired) electrons. The molecule has 5 nitrogen and oxygen atoms in total. The van der Waals surface area contributed by atoms with Crippen molar-refractivity contribution in [1.82, 2.24) is 4.90 Å². The van der Waals surface area contributed by atoms with Crippen molar-refractivity contribution in [3.8, 4) is 0 Å². The number of para-hydroxylation sites is 1. The number of carbonyl (C=O) groups is 2. The maximum atomic E-state index is 12.3. The van der Waals surface area contributed by atoms with Crippen LogP contribution in [0.25, 0.3) is 0 Å². The average molecular weight is 276 g/mol. The van der Waals surface area contributed by atoms with Crippen LogP contribution in [-0.4, -0.2) is 34.6 Å². The summed E-state index contributed by atoms with van der Waals surface area (Å²) in [4.78, 5) is 25.0. The summed E-state index contributed by atoms with van der Waals surface area (Å²) in [6.07, 6.45) is 2.23. The number of likely N-dealkylation sites (tertiary alicyclic amines) is 1. The Morgan fingerprint density at radius 2 is 1.90 bits per heavy atom. The van der Waals surface area contributed by atoms with Crippen LogP contribution in [0.15, 0.2) is 18.2 Å². The molecule has 2 amide bonds. The number of anilines is 1. The number of urea groups is 1. The van der Waals surface area contributed by atoms with E-state index >= 15 is 0 Å². The number of amides is 2. The number of benzene rings is 1. The van der Waals surface area contributed by atoms with Crippen LogP contribution < -0.4 is 5.32 Å². The van der Waals surface area contributed by atoms with E-state index in [1.54, 1.807) is 0 Å². The summed E-state index contributed by atoms with van der Waals surface area (Å²) in [5.41, 5.74) is 2.72. The maximum Gasteiger partial charge on any atom is 0.326 e. The topological polar surface area (TPSA) is 69.6 Å². The average Bonchev–Trinajstić information content (AvgIpc) is 2.43. The van der Waals surface area contributed by atoms with E-state index in [1.165, 1.54) is 4.90 Å². The summed E-state index contributed by atoms with van der Waals surface area (Å²) >= 11 is 0. The number of aliphatic carboxylic acids is 1. The Labute approximate surface area is 118 Å². The molecule has 0 aliphatic carbocycles. The molecule has 1 heterocycles. The molecule has 0 bridgehead atoms. The quantitative estimate of drug-likeness (QED) is 0.872. The second-order valence-corrected chi connectivity index (χ2v) is 5.24. The third kappa shape index (κ3) is 2.92. The second-order valence-electron chi connectivity index (χ2n) is 5.24. The number of rotatable bonds is 2. The van der Waals surface area contributed by atoms with E-state index in [0.717, 1.165) is 29.7 Å². The number of carbonyl (C=O) groups excluding carboxylic acids is 1. The first kappa shape index (κ1) is 14.4. The molecule has 1 atom stereocenters. The smallest absolute Gasteiger partial charge is 0.326 e. The van der Waals surface area contributed by atoms with Gasteiger partial charge in [0.25, 0.3) is 0 Å². The highest BCUT2D eigenvalue weighted by Gasteiger charge is 2.32. The minimum Gasteiger partial charge on any atom is -0.480 e. The van der Waals surface area contributed by atoms with Gasteiger partial charge in [-0.1, -0.05) is 18.2 Å². The van der Waals surface area contributed by atoms with E-state index in [0.29, 0.717) is 13.0 Å². The van der Waals surface area contributed by atoms with Crippen molar-refractivity contribution in [2.24, 2.45) is 0 Å². The first-order valence-corrected chi connectivity index (χ1v) is 6.87. The fourth-order valence-electron chi connectivity index (χ4n) is 2.62. The highest BCUT2D eigenvalue weighted by atomic mass is 16.4. The van der Waals surface area contributed by atoms with Crippen LogP contribution in [0.1, 0.15) is 30.4 Å². The van der Waals surface area contributed by atoms with Gasteiger partial charge in [-0.15, -0.1) is 0 Å². The van der Waals surface area contributed by atoms with Gasteiger partial charge in [-0.25, -0.2) is 9.59 Å². The summed E-state index contributed by atoms with van der Waals surface area (Å²) in [5.74, 6) is -0.929. The molecule has 1 aromatic carbocycles. The lowest BCUT2D eigenvalue weighted by atomic mass is 10.0. The molecule has 0 aromatic heterocycles. The van der Waals surface area contributed by atoms with Crippen LogP contribution >= 0.6 is 0 Å². The Hall–Kier alpha value is -2.04. The van der Waals surface area contributed by atoms with Crippen LogP contribution in [0.2, 0.25) is 0 Å². The van der Waals surface area contributed by atoms with E-state index in [2.05, 4.69) is 5.32 Å². The minimum atomic E-state index is -0.929. The Kier molecular flexibility index (Phi) is 4.27. The molecule has 2 N–H and O–H groups in total. The zero-order valence-corrected chi connectivity index (χ0v) is 11.8. The number of nitrogens with zero attached hydrogens (tertiary/aromatic N) is 1. The monoisotopic (exact) mass is 276 g/mol. The Bertz CT molecular complexity index is 508. The zero-order chi connectivity index (χ0) is 14.7. The van der Waals surface area contributed by atoms with E-state index < -0.39 is 12.0 Å².